The molecule has 74 valence electrons. The second-order valence-electron chi connectivity index (χ2n) is 3.37. The molecule has 1 fully saturated rings. The van der Waals surface area contributed by atoms with Crippen molar-refractivity contribution in [1.82, 2.24) is 5.43 Å². The van der Waals surface area contributed by atoms with Crippen LogP contribution in [0.2, 0.25) is 0 Å². The molecule has 1 heterocycles. The van der Waals surface area contributed by atoms with E-state index in [1.807, 2.05) is 30.3 Å². The first kappa shape index (κ1) is 9.02. The molecule has 0 unspecified atom stereocenters. The van der Waals surface area contributed by atoms with Crippen molar-refractivity contribution >= 4 is 11.6 Å². The molecule has 1 aliphatic rings. The molecule has 1 aromatic rings. The van der Waals surface area contributed by atoms with Crippen molar-refractivity contribution in [2.45, 2.75) is 19.1 Å². The Morgan fingerprint density at radius 3 is 2.50 bits per heavy atom. The fourth-order valence-corrected chi connectivity index (χ4v) is 1.54. The Bertz CT molecular complexity index is 339. The summed E-state index contributed by atoms with van der Waals surface area (Å²) in [6.07, 6.45) is -0.949. The van der Waals surface area contributed by atoms with Crippen LogP contribution in [-0.2, 0) is 4.79 Å². The van der Waals surface area contributed by atoms with E-state index in [1.165, 1.54) is 0 Å². The summed E-state index contributed by atoms with van der Waals surface area (Å²) in [6, 6.07) is 9.22. The molecule has 0 aliphatic carbocycles. The molecule has 2 N–H and O–H groups in total. The molecule has 4 heteroatoms. The lowest BCUT2D eigenvalue weighted by Gasteiger charge is -2.22. The van der Waals surface area contributed by atoms with Crippen LogP contribution in [0.4, 0.5) is 5.69 Å². The first-order chi connectivity index (χ1) is 6.70. The Morgan fingerprint density at radius 2 is 2.00 bits per heavy atom. The zero-order valence-electron chi connectivity index (χ0n) is 7.84. The predicted molar refractivity (Wildman–Crippen MR) is 52.5 cm³/mol. The van der Waals surface area contributed by atoms with Crippen LogP contribution < -0.4 is 10.4 Å². The molecule has 0 radical (unpaired) electrons. The molecule has 14 heavy (non-hydrogen) atoms. The van der Waals surface area contributed by atoms with Crippen LogP contribution in [0, 0.1) is 0 Å². The van der Waals surface area contributed by atoms with E-state index in [0.29, 0.717) is 0 Å². The number of nitrogens with zero attached hydrogens (tertiary/aromatic N) is 1. The summed E-state index contributed by atoms with van der Waals surface area (Å²) in [6.45, 7) is 1.80. The maximum absolute atomic E-state index is 11.2. The van der Waals surface area contributed by atoms with Crippen molar-refractivity contribution in [2.75, 3.05) is 5.01 Å². The van der Waals surface area contributed by atoms with Gasteiger partial charge in [0.05, 0.1) is 11.7 Å². The Morgan fingerprint density at radius 1 is 1.36 bits per heavy atom. The molecule has 1 aliphatic heterocycles. The van der Waals surface area contributed by atoms with E-state index < -0.39 is 6.10 Å². The first-order valence-corrected chi connectivity index (χ1v) is 4.53. The van der Waals surface area contributed by atoms with Crippen LogP contribution in [0.1, 0.15) is 6.92 Å². The standard InChI is InChI=1S/C10H12N2O2/c1-7-9(13)10(14)11-12(7)8-5-3-2-4-6-8/h2-7,9,13H,1H3,(H,11,14)/t7-,9+/m0/s1. The number of aliphatic hydroxyl groups is 1. The number of anilines is 1. The molecular formula is C10H12N2O2. The number of rotatable bonds is 1. The molecule has 2 rings (SSSR count). The predicted octanol–water partition coefficient (Wildman–Crippen LogP) is 0.287. The highest BCUT2D eigenvalue weighted by Gasteiger charge is 2.36. The minimum Gasteiger partial charge on any atom is -0.381 e. The van der Waals surface area contributed by atoms with Gasteiger partial charge in [-0.2, -0.15) is 0 Å². The fourth-order valence-electron chi connectivity index (χ4n) is 1.54. The van der Waals surface area contributed by atoms with Crippen molar-refractivity contribution in [2.24, 2.45) is 0 Å². The summed E-state index contributed by atoms with van der Waals surface area (Å²) in [5, 5.41) is 11.1. The number of hydrogen-bond acceptors (Lipinski definition) is 3. The normalized spacial score (nSPS) is 26.4. The quantitative estimate of drug-likeness (QED) is 0.672. The number of carbonyl (C=O) groups excluding carboxylic acids is 1. The van der Waals surface area contributed by atoms with Gasteiger partial charge in [0.2, 0.25) is 0 Å². The third-order valence-electron chi connectivity index (χ3n) is 2.40. The lowest BCUT2D eigenvalue weighted by Crippen LogP contribution is -2.37. The zero-order valence-corrected chi connectivity index (χ0v) is 7.84. The summed E-state index contributed by atoms with van der Waals surface area (Å²) in [5.41, 5.74) is 3.49. The number of benzene rings is 1. The van der Waals surface area contributed by atoms with Crippen molar-refractivity contribution in [1.29, 1.82) is 0 Å². The summed E-state index contributed by atoms with van der Waals surface area (Å²) in [5.74, 6) is -0.346. The van der Waals surface area contributed by atoms with Gasteiger partial charge in [-0.15, -0.1) is 0 Å². The van der Waals surface area contributed by atoms with Crippen LogP contribution in [0.5, 0.6) is 0 Å². The summed E-state index contributed by atoms with van der Waals surface area (Å²) in [4.78, 5) is 11.2. The van der Waals surface area contributed by atoms with Gasteiger partial charge in [0, 0.05) is 0 Å². The van der Waals surface area contributed by atoms with E-state index in [9.17, 15) is 9.90 Å². The van der Waals surface area contributed by atoms with Gasteiger partial charge in [-0.1, -0.05) is 18.2 Å². The smallest absolute Gasteiger partial charge is 0.269 e. The summed E-state index contributed by atoms with van der Waals surface area (Å²) < 4.78 is 0. The first-order valence-electron chi connectivity index (χ1n) is 4.53. The number of hydrazine groups is 1. The minimum absolute atomic E-state index is 0.232. The van der Waals surface area contributed by atoms with Gasteiger partial charge < -0.3 is 5.11 Å². The molecule has 2 atom stereocenters. The number of para-hydroxylation sites is 1. The fraction of sp³-hybridized carbons (Fsp3) is 0.300. The van der Waals surface area contributed by atoms with Crippen LogP contribution in [0.25, 0.3) is 0 Å². The van der Waals surface area contributed by atoms with Crippen molar-refractivity contribution < 1.29 is 9.90 Å². The van der Waals surface area contributed by atoms with Crippen LogP contribution >= 0.6 is 0 Å². The third kappa shape index (κ3) is 1.33. The monoisotopic (exact) mass is 192 g/mol. The van der Waals surface area contributed by atoms with Crippen molar-refractivity contribution in [3.63, 3.8) is 0 Å². The molecule has 1 saturated heterocycles. The van der Waals surface area contributed by atoms with Gasteiger partial charge >= 0.3 is 0 Å². The summed E-state index contributed by atoms with van der Waals surface area (Å²) in [7, 11) is 0. The molecule has 1 aromatic carbocycles. The average molecular weight is 192 g/mol. The van der Waals surface area contributed by atoms with Crippen molar-refractivity contribution in [3.05, 3.63) is 30.3 Å². The average Bonchev–Trinajstić information content (AvgIpc) is 2.47. The molecule has 0 spiro atoms. The van der Waals surface area contributed by atoms with Gasteiger partial charge in [-0.3, -0.25) is 15.2 Å². The lowest BCUT2D eigenvalue weighted by molar-refractivity contribution is -0.126. The number of carbonyl (C=O) groups is 1. The van der Waals surface area contributed by atoms with Gasteiger partial charge in [0.25, 0.3) is 5.91 Å². The number of hydrogen-bond donors (Lipinski definition) is 2. The van der Waals surface area contributed by atoms with Gasteiger partial charge in [-0.25, -0.2) is 0 Å². The maximum atomic E-state index is 11.2. The highest BCUT2D eigenvalue weighted by Crippen LogP contribution is 2.19. The Labute approximate surface area is 82.1 Å². The van der Waals surface area contributed by atoms with E-state index in [0.717, 1.165) is 5.69 Å². The number of nitrogens with one attached hydrogen (secondary N) is 1. The van der Waals surface area contributed by atoms with E-state index in [2.05, 4.69) is 5.43 Å². The Balaban J connectivity index is 2.26. The van der Waals surface area contributed by atoms with Crippen LogP contribution in [0.3, 0.4) is 0 Å². The van der Waals surface area contributed by atoms with E-state index in [4.69, 9.17) is 0 Å². The molecule has 4 nitrogen and oxygen atoms in total. The van der Waals surface area contributed by atoms with Crippen LogP contribution in [-0.4, -0.2) is 23.2 Å². The van der Waals surface area contributed by atoms with E-state index >= 15 is 0 Å². The van der Waals surface area contributed by atoms with Gasteiger partial charge in [-0.05, 0) is 19.1 Å². The molecule has 0 aromatic heterocycles. The number of amides is 1. The topological polar surface area (TPSA) is 52.6 Å². The van der Waals surface area contributed by atoms with E-state index in [1.54, 1.807) is 11.9 Å². The van der Waals surface area contributed by atoms with Crippen LogP contribution in [0.15, 0.2) is 30.3 Å². The summed E-state index contributed by atoms with van der Waals surface area (Å²) >= 11 is 0. The zero-order chi connectivity index (χ0) is 10.1. The van der Waals surface area contributed by atoms with Gasteiger partial charge in [0.15, 0.2) is 6.10 Å². The second kappa shape index (κ2) is 3.31. The SMILES string of the molecule is C[C@H]1[C@@H](O)C(=O)NN1c1ccccc1. The minimum atomic E-state index is -0.949. The maximum Gasteiger partial charge on any atom is 0.269 e. The molecule has 0 saturated carbocycles. The highest BCUT2D eigenvalue weighted by molar-refractivity contribution is 5.86. The highest BCUT2D eigenvalue weighted by atomic mass is 16.3. The molecule has 1 amide bonds. The lowest BCUT2D eigenvalue weighted by atomic mass is 10.2. The molecule has 0 bridgehead atoms. The number of aliphatic hydroxyl groups excluding tert-OH is 1. The van der Waals surface area contributed by atoms with Gasteiger partial charge in [0.1, 0.15) is 0 Å². The molecular weight excluding hydrogens is 180 g/mol. The largest absolute Gasteiger partial charge is 0.381 e. The Hall–Kier alpha value is -1.55. The third-order valence-corrected chi connectivity index (χ3v) is 2.40. The van der Waals surface area contributed by atoms with E-state index in [-0.39, 0.29) is 11.9 Å². The second-order valence-corrected chi connectivity index (χ2v) is 3.37. The van der Waals surface area contributed by atoms with Crippen molar-refractivity contribution in [3.8, 4) is 0 Å². The Kier molecular flexibility index (Phi) is 2.13.